The third-order valence-electron chi connectivity index (χ3n) is 5.23. The van der Waals surface area contributed by atoms with Crippen LogP contribution < -0.4 is 15.6 Å². The van der Waals surface area contributed by atoms with Gasteiger partial charge in [-0.05, 0) is 55.3 Å². The molecule has 0 aliphatic heterocycles. The summed E-state index contributed by atoms with van der Waals surface area (Å²) in [4.78, 5) is 32.9. The van der Waals surface area contributed by atoms with Crippen molar-refractivity contribution in [1.29, 1.82) is 0 Å². The molecule has 0 saturated carbocycles. The van der Waals surface area contributed by atoms with Crippen molar-refractivity contribution in [2.45, 2.75) is 31.8 Å². The number of methoxy groups -OCH3 is 1. The minimum atomic E-state index is -0.157. The lowest BCUT2D eigenvalue weighted by Crippen LogP contribution is -2.22. The Labute approximate surface area is 200 Å². The van der Waals surface area contributed by atoms with Crippen molar-refractivity contribution in [3.63, 3.8) is 0 Å². The molecule has 0 aliphatic carbocycles. The standard InChI is InChI=1S/C25H25N3O3S2/c1-4-8-20-16(2)22-23(33-20)27-25(32-15-21(29)26-17-9-6-5-7-10-17)28(24(22)30)18-11-13-19(31-3)14-12-18/h5-7,9-14H,4,8,15H2,1-3H3,(H,26,29). The maximum absolute atomic E-state index is 13.7. The summed E-state index contributed by atoms with van der Waals surface area (Å²) >= 11 is 2.82. The van der Waals surface area contributed by atoms with Gasteiger partial charge in [0, 0.05) is 10.6 Å². The van der Waals surface area contributed by atoms with E-state index in [4.69, 9.17) is 9.72 Å². The normalized spacial score (nSPS) is 11.0. The molecular weight excluding hydrogens is 454 g/mol. The number of carbonyl (C=O) groups is 1. The van der Waals surface area contributed by atoms with E-state index >= 15 is 0 Å². The van der Waals surface area contributed by atoms with E-state index in [1.165, 1.54) is 16.6 Å². The summed E-state index contributed by atoms with van der Waals surface area (Å²) in [5, 5.41) is 4.02. The predicted octanol–water partition coefficient (Wildman–Crippen LogP) is 5.45. The number of thioether (sulfide) groups is 1. The van der Waals surface area contributed by atoms with E-state index in [0.717, 1.165) is 28.9 Å². The third kappa shape index (κ3) is 4.96. The number of aromatic nitrogens is 2. The summed E-state index contributed by atoms with van der Waals surface area (Å²) < 4.78 is 6.86. The molecule has 4 rings (SSSR count). The Hall–Kier alpha value is -3.10. The Kier molecular flexibility index (Phi) is 7.15. The Morgan fingerprint density at radius 2 is 1.88 bits per heavy atom. The van der Waals surface area contributed by atoms with Gasteiger partial charge in [-0.25, -0.2) is 4.98 Å². The molecule has 0 fully saturated rings. The zero-order valence-corrected chi connectivity index (χ0v) is 20.4. The van der Waals surface area contributed by atoms with Crippen LogP contribution in [-0.2, 0) is 11.2 Å². The lowest BCUT2D eigenvalue weighted by atomic mass is 10.1. The van der Waals surface area contributed by atoms with Crippen LogP contribution in [0, 0.1) is 6.92 Å². The predicted molar refractivity (Wildman–Crippen MR) is 136 cm³/mol. The number of thiophene rings is 1. The van der Waals surface area contributed by atoms with Crippen LogP contribution in [0.5, 0.6) is 5.75 Å². The van der Waals surface area contributed by atoms with E-state index < -0.39 is 0 Å². The van der Waals surface area contributed by atoms with Crippen LogP contribution in [0.1, 0.15) is 23.8 Å². The second kappa shape index (κ2) is 10.2. The number of fused-ring (bicyclic) bond motifs is 1. The molecule has 0 bridgehead atoms. The number of para-hydroxylation sites is 1. The molecule has 8 heteroatoms. The van der Waals surface area contributed by atoms with E-state index in [1.54, 1.807) is 23.0 Å². The van der Waals surface area contributed by atoms with Crippen molar-refractivity contribution in [1.82, 2.24) is 9.55 Å². The SMILES string of the molecule is CCCc1sc2nc(SCC(=O)Nc3ccccc3)n(-c3ccc(OC)cc3)c(=O)c2c1C. The molecule has 6 nitrogen and oxygen atoms in total. The highest BCUT2D eigenvalue weighted by atomic mass is 32.2. The van der Waals surface area contributed by atoms with Crippen LogP contribution >= 0.6 is 23.1 Å². The van der Waals surface area contributed by atoms with Crippen LogP contribution in [0.2, 0.25) is 0 Å². The molecule has 2 aromatic carbocycles. The number of benzene rings is 2. The number of amides is 1. The number of rotatable bonds is 8. The van der Waals surface area contributed by atoms with Gasteiger partial charge in [0.1, 0.15) is 10.6 Å². The third-order valence-corrected chi connectivity index (χ3v) is 7.41. The average Bonchev–Trinajstić information content (AvgIpc) is 3.14. The fourth-order valence-corrected chi connectivity index (χ4v) is 5.71. The van der Waals surface area contributed by atoms with Gasteiger partial charge in [-0.15, -0.1) is 11.3 Å². The fourth-order valence-electron chi connectivity index (χ4n) is 3.58. The average molecular weight is 480 g/mol. The Morgan fingerprint density at radius 1 is 1.15 bits per heavy atom. The van der Waals surface area contributed by atoms with Gasteiger partial charge in [-0.1, -0.05) is 43.3 Å². The van der Waals surface area contributed by atoms with Gasteiger partial charge < -0.3 is 10.1 Å². The Morgan fingerprint density at radius 3 is 2.55 bits per heavy atom. The topological polar surface area (TPSA) is 73.2 Å². The number of aryl methyl sites for hydroxylation is 2. The first-order valence-corrected chi connectivity index (χ1v) is 12.5. The van der Waals surface area contributed by atoms with E-state index in [9.17, 15) is 9.59 Å². The number of carbonyl (C=O) groups excluding carboxylic acids is 1. The van der Waals surface area contributed by atoms with Gasteiger partial charge >= 0.3 is 0 Å². The molecule has 0 saturated heterocycles. The zero-order chi connectivity index (χ0) is 23.4. The summed E-state index contributed by atoms with van der Waals surface area (Å²) in [7, 11) is 1.60. The molecule has 4 aromatic rings. The van der Waals surface area contributed by atoms with Crippen molar-refractivity contribution in [3.8, 4) is 11.4 Å². The molecular formula is C25H25N3O3S2. The van der Waals surface area contributed by atoms with Gasteiger partial charge in [0.2, 0.25) is 5.91 Å². The van der Waals surface area contributed by atoms with Crippen LogP contribution in [-0.4, -0.2) is 28.3 Å². The summed E-state index contributed by atoms with van der Waals surface area (Å²) in [5.74, 6) is 0.680. The van der Waals surface area contributed by atoms with E-state index in [2.05, 4.69) is 12.2 Å². The van der Waals surface area contributed by atoms with Crippen LogP contribution in [0.15, 0.2) is 64.5 Å². The van der Waals surface area contributed by atoms with Crippen LogP contribution in [0.4, 0.5) is 5.69 Å². The monoisotopic (exact) mass is 479 g/mol. The van der Waals surface area contributed by atoms with Gasteiger partial charge in [-0.2, -0.15) is 0 Å². The number of hydrogen-bond acceptors (Lipinski definition) is 6. The highest BCUT2D eigenvalue weighted by molar-refractivity contribution is 7.99. The van der Waals surface area contributed by atoms with Gasteiger partial charge in [0.15, 0.2) is 5.16 Å². The molecule has 0 atom stereocenters. The molecule has 1 amide bonds. The molecule has 0 unspecified atom stereocenters. The lowest BCUT2D eigenvalue weighted by molar-refractivity contribution is -0.113. The van der Waals surface area contributed by atoms with Gasteiger partial charge in [-0.3, -0.25) is 14.2 Å². The summed E-state index contributed by atoms with van der Waals surface area (Å²) in [6.45, 7) is 4.12. The summed E-state index contributed by atoms with van der Waals surface area (Å²) in [6, 6.07) is 16.6. The van der Waals surface area contributed by atoms with Crippen molar-refractivity contribution >= 4 is 44.9 Å². The molecule has 2 heterocycles. The Balaban J connectivity index is 1.74. The van der Waals surface area contributed by atoms with Crippen molar-refractivity contribution in [2.24, 2.45) is 0 Å². The van der Waals surface area contributed by atoms with Crippen molar-refractivity contribution in [3.05, 3.63) is 75.4 Å². The zero-order valence-electron chi connectivity index (χ0n) is 18.8. The first kappa shape index (κ1) is 23.1. The van der Waals surface area contributed by atoms with Crippen LogP contribution in [0.25, 0.3) is 15.9 Å². The second-order valence-corrected chi connectivity index (χ2v) is 9.54. The molecule has 33 heavy (non-hydrogen) atoms. The first-order chi connectivity index (χ1) is 16.0. The highest BCUT2D eigenvalue weighted by Crippen LogP contribution is 2.31. The number of anilines is 1. The minimum absolute atomic E-state index is 0.118. The number of hydrogen-bond donors (Lipinski definition) is 1. The maximum atomic E-state index is 13.7. The van der Waals surface area contributed by atoms with Gasteiger partial charge in [0.25, 0.3) is 5.56 Å². The molecule has 2 aromatic heterocycles. The van der Waals surface area contributed by atoms with Gasteiger partial charge in [0.05, 0.1) is 23.9 Å². The fraction of sp³-hybridized carbons (Fsp3) is 0.240. The largest absolute Gasteiger partial charge is 0.497 e. The lowest BCUT2D eigenvalue weighted by Gasteiger charge is -2.13. The number of nitrogens with zero attached hydrogens (tertiary/aromatic N) is 2. The Bertz CT molecular complexity index is 1330. The highest BCUT2D eigenvalue weighted by Gasteiger charge is 2.20. The minimum Gasteiger partial charge on any atom is -0.497 e. The van der Waals surface area contributed by atoms with Crippen molar-refractivity contribution < 1.29 is 9.53 Å². The molecule has 0 spiro atoms. The smallest absolute Gasteiger partial charge is 0.267 e. The van der Waals surface area contributed by atoms with Crippen molar-refractivity contribution in [2.75, 3.05) is 18.2 Å². The molecule has 1 N–H and O–H groups in total. The molecule has 0 radical (unpaired) electrons. The molecule has 170 valence electrons. The summed E-state index contributed by atoms with van der Waals surface area (Å²) in [6.07, 6.45) is 1.92. The van der Waals surface area contributed by atoms with E-state index in [-0.39, 0.29) is 17.2 Å². The number of nitrogens with one attached hydrogen (secondary N) is 1. The van der Waals surface area contributed by atoms with Crippen LogP contribution in [0.3, 0.4) is 0 Å². The maximum Gasteiger partial charge on any atom is 0.267 e. The quantitative estimate of drug-likeness (QED) is 0.269. The first-order valence-electron chi connectivity index (χ1n) is 10.7. The van der Waals surface area contributed by atoms with E-state index in [1.807, 2.05) is 61.5 Å². The summed E-state index contributed by atoms with van der Waals surface area (Å²) in [5.41, 5.74) is 2.29. The number of ether oxygens (including phenoxy) is 1. The molecule has 0 aliphatic rings. The van der Waals surface area contributed by atoms with E-state index in [0.29, 0.717) is 22.0 Å². The second-order valence-electron chi connectivity index (χ2n) is 7.52.